The fraction of sp³-hybridized carbons (Fsp3) is 0.129. The summed E-state index contributed by atoms with van der Waals surface area (Å²) < 4.78 is 6.83. The smallest absolute Gasteiger partial charge is 0.335 e. The van der Waals surface area contributed by atoms with Crippen molar-refractivity contribution in [1.82, 2.24) is 5.32 Å². The molecule has 1 N–H and O–H groups in total. The van der Waals surface area contributed by atoms with Gasteiger partial charge in [-0.3, -0.25) is 14.9 Å². The highest BCUT2D eigenvalue weighted by Gasteiger charge is 2.37. The van der Waals surface area contributed by atoms with E-state index in [1.54, 1.807) is 30.3 Å². The van der Waals surface area contributed by atoms with Crippen molar-refractivity contribution < 1.29 is 19.1 Å². The lowest BCUT2D eigenvalue weighted by atomic mass is 10.0. The molecule has 0 saturated carbocycles. The average molecular weight is 569 g/mol. The number of imide groups is 2. The van der Waals surface area contributed by atoms with E-state index < -0.39 is 17.8 Å². The number of amides is 4. The van der Waals surface area contributed by atoms with E-state index in [9.17, 15) is 14.4 Å². The topological polar surface area (TPSA) is 75.7 Å². The molecule has 1 aliphatic rings. The minimum Gasteiger partial charge on any atom is -0.488 e. The minimum atomic E-state index is -0.758. The van der Waals surface area contributed by atoms with Gasteiger partial charge in [-0.2, -0.15) is 0 Å². The van der Waals surface area contributed by atoms with Crippen LogP contribution >= 0.6 is 15.9 Å². The number of benzene rings is 4. The van der Waals surface area contributed by atoms with Crippen LogP contribution in [0.5, 0.6) is 5.75 Å². The maximum absolute atomic E-state index is 13.3. The van der Waals surface area contributed by atoms with Crippen LogP contribution in [0, 0.1) is 6.92 Å². The number of carbonyl (C=O) groups is 3. The molecule has 4 amide bonds. The number of urea groups is 1. The van der Waals surface area contributed by atoms with Crippen LogP contribution in [0.25, 0.3) is 16.8 Å². The van der Waals surface area contributed by atoms with Gasteiger partial charge in [0.2, 0.25) is 0 Å². The minimum absolute atomic E-state index is 0.123. The predicted octanol–water partition coefficient (Wildman–Crippen LogP) is 6.72. The number of nitrogens with one attached hydrogen (secondary N) is 1. The van der Waals surface area contributed by atoms with E-state index in [2.05, 4.69) is 52.4 Å². The monoisotopic (exact) mass is 568 g/mol. The SMILES string of the molecule is CCc1ccccc1N1C(=O)NC(=O)/C(=C/c2ccc(OCc3c(C)ccc4ccccc34)c(Br)c2)C1=O. The van der Waals surface area contributed by atoms with E-state index in [4.69, 9.17) is 4.74 Å². The van der Waals surface area contributed by atoms with E-state index in [0.29, 0.717) is 34.5 Å². The molecular weight excluding hydrogens is 544 g/mol. The van der Waals surface area contributed by atoms with Crippen LogP contribution in [0.4, 0.5) is 10.5 Å². The number of rotatable bonds is 6. The summed E-state index contributed by atoms with van der Waals surface area (Å²) in [4.78, 5) is 39.5. The predicted molar refractivity (Wildman–Crippen MR) is 152 cm³/mol. The van der Waals surface area contributed by atoms with Crippen LogP contribution in [-0.4, -0.2) is 17.8 Å². The molecule has 0 aromatic heterocycles. The standard InChI is InChI=1S/C31H25BrN2O4/c1-3-21-8-5-7-11-27(21)34-30(36)24(29(35)33-31(34)37)16-20-13-15-28(26(32)17-20)38-18-25-19(2)12-14-22-9-4-6-10-23(22)25/h4-17H,3,18H2,1-2H3,(H,33,35,37)/b24-16-. The Kier molecular flexibility index (Phi) is 7.11. The summed E-state index contributed by atoms with van der Waals surface area (Å²) in [5.74, 6) is -0.761. The number of anilines is 1. The molecule has 0 atom stereocenters. The molecule has 0 aliphatic carbocycles. The summed E-state index contributed by atoms with van der Waals surface area (Å²) in [5, 5.41) is 4.59. The fourth-order valence-electron chi connectivity index (χ4n) is 4.58. The van der Waals surface area contributed by atoms with Crippen LogP contribution in [0.1, 0.15) is 29.2 Å². The van der Waals surface area contributed by atoms with E-state index in [1.807, 2.05) is 31.2 Å². The molecule has 7 heteroatoms. The van der Waals surface area contributed by atoms with Crippen molar-refractivity contribution in [3.8, 4) is 5.75 Å². The molecule has 0 radical (unpaired) electrons. The molecule has 38 heavy (non-hydrogen) atoms. The molecular formula is C31H25BrN2O4. The Morgan fingerprint density at radius 1 is 0.947 bits per heavy atom. The summed E-state index contributed by atoms with van der Waals surface area (Å²) in [6.07, 6.45) is 2.11. The van der Waals surface area contributed by atoms with Crippen LogP contribution in [0.2, 0.25) is 0 Å². The molecule has 4 aromatic carbocycles. The Balaban J connectivity index is 1.40. The fourth-order valence-corrected chi connectivity index (χ4v) is 5.09. The summed E-state index contributed by atoms with van der Waals surface area (Å²) in [5.41, 5.74) is 4.04. The zero-order chi connectivity index (χ0) is 26.8. The summed E-state index contributed by atoms with van der Waals surface area (Å²) in [6.45, 7) is 4.39. The molecule has 6 nitrogen and oxygen atoms in total. The summed E-state index contributed by atoms with van der Waals surface area (Å²) in [7, 11) is 0. The van der Waals surface area contributed by atoms with Gasteiger partial charge >= 0.3 is 6.03 Å². The van der Waals surface area contributed by atoms with Crippen LogP contribution in [0.3, 0.4) is 0 Å². The van der Waals surface area contributed by atoms with E-state index in [0.717, 1.165) is 32.4 Å². The molecule has 0 unspecified atom stereocenters. The second-order valence-electron chi connectivity index (χ2n) is 9.00. The van der Waals surface area contributed by atoms with Gasteiger partial charge < -0.3 is 4.74 Å². The highest BCUT2D eigenvalue weighted by molar-refractivity contribution is 9.10. The average Bonchev–Trinajstić information content (AvgIpc) is 2.91. The molecule has 5 rings (SSSR count). The Labute approximate surface area is 229 Å². The third kappa shape index (κ3) is 4.85. The molecule has 1 aliphatic heterocycles. The number of nitrogens with zero attached hydrogens (tertiary/aromatic N) is 1. The highest BCUT2D eigenvalue weighted by Crippen LogP contribution is 2.31. The molecule has 1 heterocycles. The molecule has 0 spiro atoms. The number of hydrogen-bond acceptors (Lipinski definition) is 4. The first-order chi connectivity index (χ1) is 18.4. The molecule has 1 fully saturated rings. The van der Waals surface area contributed by atoms with E-state index in [-0.39, 0.29) is 5.57 Å². The lowest BCUT2D eigenvalue weighted by Gasteiger charge is -2.28. The van der Waals surface area contributed by atoms with Gasteiger partial charge in [-0.05, 0) is 81.0 Å². The number of aryl methyl sites for hydroxylation is 2. The van der Waals surface area contributed by atoms with Crippen molar-refractivity contribution in [3.63, 3.8) is 0 Å². The van der Waals surface area contributed by atoms with E-state index >= 15 is 0 Å². The number of halogens is 1. The van der Waals surface area contributed by atoms with Gasteiger partial charge in [0.25, 0.3) is 11.8 Å². The number of barbiturate groups is 1. The second-order valence-corrected chi connectivity index (χ2v) is 9.86. The largest absolute Gasteiger partial charge is 0.488 e. The Hall–Kier alpha value is -4.23. The molecule has 190 valence electrons. The Morgan fingerprint density at radius 2 is 1.71 bits per heavy atom. The normalized spacial score (nSPS) is 14.8. The number of para-hydroxylation sites is 1. The first kappa shape index (κ1) is 25.4. The highest BCUT2D eigenvalue weighted by atomic mass is 79.9. The van der Waals surface area contributed by atoms with Gasteiger partial charge in [-0.1, -0.05) is 67.6 Å². The zero-order valence-corrected chi connectivity index (χ0v) is 22.5. The first-order valence-electron chi connectivity index (χ1n) is 12.3. The maximum atomic E-state index is 13.3. The van der Waals surface area contributed by atoms with Crippen molar-refractivity contribution in [2.75, 3.05) is 4.90 Å². The number of carbonyl (C=O) groups excluding carboxylic acids is 3. The van der Waals surface area contributed by atoms with Crippen molar-refractivity contribution in [2.45, 2.75) is 26.9 Å². The van der Waals surface area contributed by atoms with Crippen molar-refractivity contribution >= 4 is 56.3 Å². The van der Waals surface area contributed by atoms with Gasteiger partial charge in [0.15, 0.2) is 0 Å². The number of ether oxygens (including phenoxy) is 1. The zero-order valence-electron chi connectivity index (χ0n) is 21.0. The van der Waals surface area contributed by atoms with Gasteiger partial charge in [-0.25, -0.2) is 9.69 Å². The molecule has 0 bridgehead atoms. The van der Waals surface area contributed by atoms with Gasteiger partial charge in [0.1, 0.15) is 17.9 Å². The third-order valence-electron chi connectivity index (χ3n) is 6.63. The van der Waals surface area contributed by atoms with Crippen LogP contribution < -0.4 is 15.0 Å². The third-order valence-corrected chi connectivity index (χ3v) is 7.25. The first-order valence-corrected chi connectivity index (χ1v) is 13.1. The number of fused-ring (bicyclic) bond motifs is 1. The molecule has 4 aromatic rings. The van der Waals surface area contributed by atoms with E-state index in [1.165, 1.54) is 6.08 Å². The lowest BCUT2D eigenvalue weighted by molar-refractivity contribution is -0.122. The summed E-state index contributed by atoms with van der Waals surface area (Å²) in [6, 6.07) is 24.1. The second kappa shape index (κ2) is 10.6. The van der Waals surface area contributed by atoms with Gasteiger partial charge in [0.05, 0.1) is 10.2 Å². The number of hydrogen-bond donors (Lipinski definition) is 1. The van der Waals surface area contributed by atoms with Crippen molar-refractivity contribution in [3.05, 3.63) is 111 Å². The summed E-state index contributed by atoms with van der Waals surface area (Å²) >= 11 is 3.56. The van der Waals surface area contributed by atoms with Gasteiger partial charge in [-0.15, -0.1) is 0 Å². The van der Waals surface area contributed by atoms with Crippen LogP contribution in [-0.2, 0) is 22.6 Å². The Morgan fingerprint density at radius 3 is 2.50 bits per heavy atom. The van der Waals surface area contributed by atoms with Crippen LogP contribution in [0.15, 0.2) is 88.9 Å². The van der Waals surface area contributed by atoms with Gasteiger partial charge in [0, 0.05) is 5.56 Å². The lowest BCUT2D eigenvalue weighted by Crippen LogP contribution is -2.54. The van der Waals surface area contributed by atoms with Crippen molar-refractivity contribution in [2.24, 2.45) is 0 Å². The maximum Gasteiger partial charge on any atom is 0.335 e. The quantitative estimate of drug-likeness (QED) is 0.207. The Bertz CT molecular complexity index is 1630. The molecule has 1 saturated heterocycles. The van der Waals surface area contributed by atoms with Crippen molar-refractivity contribution in [1.29, 1.82) is 0 Å².